The van der Waals surface area contributed by atoms with E-state index < -0.39 is 0 Å². The fourth-order valence-electron chi connectivity index (χ4n) is 3.58. The summed E-state index contributed by atoms with van der Waals surface area (Å²) in [6.07, 6.45) is 3.80. The SMILES string of the molecule is COc1ccc(CN=C(NCc2nnc(C)n2C)N2CCOC(c3cnn(C)c3)C2)cc1.I. The average molecular weight is 566 g/mol. The number of aryl methyl sites for hydroxylation is 2. The molecular weight excluding hydrogens is 535 g/mol. The maximum Gasteiger partial charge on any atom is 0.194 e. The first-order chi connectivity index (χ1) is 15.5. The second-order valence-corrected chi connectivity index (χ2v) is 7.82. The molecule has 1 unspecified atom stereocenters. The van der Waals surface area contributed by atoms with Gasteiger partial charge in [-0.2, -0.15) is 5.10 Å². The van der Waals surface area contributed by atoms with Crippen molar-refractivity contribution in [2.45, 2.75) is 26.1 Å². The Morgan fingerprint density at radius 2 is 2.03 bits per heavy atom. The van der Waals surface area contributed by atoms with E-state index >= 15 is 0 Å². The van der Waals surface area contributed by atoms with Gasteiger partial charge in [0.15, 0.2) is 11.8 Å². The van der Waals surface area contributed by atoms with Gasteiger partial charge in [0, 0.05) is 32.4 Å². The van der Waals surface area contributed by atoms with Gasteiger partial charge in [0.1, 0.15) is 17.7 Å². The van der Waals surface area contributed by atoms with Gasteiger partial charge in [0.25, 0.3) is 0 Å². The molecule has 1 N–H and O–H groups in total. The maximum atomic E-state index is 6.01. The van der Waals surface area contributed by atoms with E-state index in [0.29, 0.717) is 26.2 Å². The molecule has 0 radical (unpaired) electrons. The minimum atomic E-state index is -0.0532. The van der Waals surface area contributed by atoms with Crippen molar-refractivity contribution in [3.05, 3.63) is 59.4 Å². The van der Waals surface area contributed by atoms with Crippen LogP contribution < -0.4 is 10.1 Å². The third-order valence-corrected chi connectivity index (χ3v) is 5.62. The number of hydrogen-bond donors (Lipinski definition) is 1. The van der Waals surface area contributed by atoms with E-state index in [0.717, 1.165) is 41.0 Å². The van der Waals surface area contributed by atoms with Gasteiger partial charge in [-0.25, -0.2) is 4.99 Å². The van der Waals surface area contributed by atoms with Crippen molar-refractivity contribution in [2.75, 3.05) is 26.8 Å². The van der Waals surface area contributed by atoms with Crippen molar-refractivity contribution >= 4 is 29.9 Å². The minimum Gasteiger partial charge on any atom is -0.497 e. The number of ether oxygens (including phenoxy) is 2. The lowest BCUT2D eigenvalue weighted by molar-refractivity contribution is -0.00813. The summed E-state index contributed by atoms with van der Waals surface area (Å²) >= 11 is 0. The number of morpholine rings is 1. The molecule has 0 amide bonds. The van der Waals surface area contributed by atoms with Crippen LogP contribution in [0.5, 0.6) is 5.75 Å². The molecule has 1 saturated heterocycles. The number of rotatable bonds is 6. The second-order valence-electron chi connectivity index (χ2n) is 7.82. The van der Waals surface area contributed by atoms with Crippen LogP contribution in [0.1, 0.15) is 28.9 Å². The highest BCUT2D eigenvalue weighted by Crippen LogP contribution is 2.22. The Morgan fingerprint density at radius 3 is 2.67 bits per heavy atom. The van der Waals surface area contributed by atoms with Crippen LogP contribution in [0.2, 0.25) is 0 Å². The Balaban J connectivity index is 0.00000306. The van der Waals surface area contributed by atoms with Crippen LogP contribution in [0.3, 0.4) is 0 Å². The van der Waals surface area contributed by atoms with Crippen molar-refractivity contribution < 1.29 is 9.47 Å². The van der Waals surface area contributed by atoms with Crippen molar-refractivity contribution in [1.82, 2.24) is 34.8 Å². The van der Waals surface area contributed by atoms with Gasteiger partial charge in [0.2, 0.25) is 0 Å². The van der Waals surface area contributed by atoms with Crippen molar-refractivity contribution in [1.29, 1.82) is 0 Å². The first-order valence-corrected chi connectivity index (χ1v) is 10.6. The van der Waals surface area contributed by atoms with Crippen LogP contribution in [0.15, 0.2) is 41.7 Å². The number of aliphatic imine (C=N–C) groups is 1. The molecular formula is C22H31IN8O2. The molecule has 3 aromatic rings. The maximum absolute atomic E-state index is 6.01. The van der Waals surface area contributed by atoms with Crippen LogP contribution in [0, 0.1) is 6.92 Å². The molecule has 1 fully saturated rings. The Morgan fingerprint density at radius 1 is 1.24 bits per heavy atom. The van der Waals surface area contributed by atoms with Crippen LogP contribution >= 0.6 is 24.0 Å². The number of nitrogens with zero attached hydrogens (tertiary/aromatic N) is 7. The normalized spacial score (nSPS) is 16.4. The Hall–Kier alpha value is -2.67. The Kier molecular flexibility index (Phi) is 8.67. The molecule has 1 aliphatic heterocycles. The quantitative estimate of drug-likeness (QED) is 0.278. The van der Waals surface area contributed by atoms with Crippen LogP contribution in [-0.4, -0.2) is 62.2 Å². The molecule has 4 rings (SSSR count). The van der Waals surface area contributed by atoms with Gasteiger partial charge in [0.05, 0.1) is 39.5 Å². The van der Waals surface area contributed by atoms with Crippen LogP contribution in [0.25, 0.3) is 0 Å². The molecule has 0 saturated carbocycles. The summed E-state index contributed by atoms with van der Waals surface area (Å²) in [5, 5.41) is 16.2. The molecule has 1 atom stereocenters. The number of methoxy groups -OCH3 is 1. The van der Waals surface area contributed by atoms with E-state index in [1.807, 2.05) is 62.2 Å². The molecule has 0 bridgehead atoms. The highest BCUT2D eigenvalue weighted by Gasteiger charge is 2.25. The average Bonchev–Trinajstić information content (AvgIpc) is 3.40. The molecule has 178 valence electrons. The molecule has 0 spiro atoms. The lowest BCUT2D eigenvalue weighted by Crippen LogP contribution is -2.48. The van der Waals surface area contributed by atoms with Gasteiger partial charge in [-0.1, -0.05) is 12.1 Å². The molecule has 33 heavy (non-hydrogen) atoms. The zero-order valence-electron chi connectivity index (χ0n) is 19.4. The summed E-state index contributed by atoms with van der Waals surface area (Å²) in [5.41, 5.74) is 2.17. The summed E-state index contributed by atoms with van der Waals surface area (Å²) in [6.45, 7) is 5.09. The summed E-state index contributed by atoms with van der Waals surface area (Å²) in [6, 6.07) is 7.97. The van der Waals surface area contributed by atoms with E-state index in [1.54, 1.807) is 11.8 Å². The predicted octanol–water partition coefficient (Wildman–Crippen LogP) is 2.20. The lowest BCUT2D eigenvalue weighted by Gasteiger charge is -2.35. The van der Waals surface area contributed by atoms with Gasteiger partial charge in [-0.15, -0.1) is 34.2 Å². The standard InChI is InChI=1S/C22H30N8O2.HI/c1-16-26-27-21(29(16)3)13-24-22(23-11-17-5-7-19(31-4)8-6-17)30-9-10-32-20(15-30)18-12-25-28(2)14-18;/h5-8,12,14,20H,9-11,13,15H2,1-4H3,(H,23,24);1H. The van der Waals surface area contributed by atoms with Gasteiger partial charge in [-0.05, 0) is 24.6 Å². The van der Waals surface area contributed by atoms with E-state index in [9.17, 15) is 0 Å². The second kappa shape index (κ2) is 11.5. The molecule has 2 aromatic heterocycles. The third kappa shape index (κ3) is 6.22. The Labute approximate surface area is 211 Å². The Bertz CT molecular complexity index is 1060. The van der Waals surface area contributed by atoms with Crippen molar-refractivity contribution in [3.63, 3.8) is 0 Å². The number of nitrogens with one attached hydrogen (secondary N) is 1. The topological polar surface area (TPSA) is 94.6 Å². The number of aromatic nitrogens is 5. The van der Waals surface area contributed by atoms with Crippen molar-refractivity contribution in [3.8, 4) is 5.75 Å². The highest BCUT2D eigenvalue weighted by atomic mass is 127. The fourth-order valence-corrected chi connectivity index (χ4v) is 3.58. The van der Waals surface area contributed by atoms with E-state index in [-0.39, 0.29) is 30.1 Å². The largest absolute Gasteiger partial charge is 0.497 e. The van der Waals surface area contributed by atoms with E-state index in [2.05, 4.69) is 25.5 Å². The molecule has 3 heterocycles. The van der Waals surface area contributed by atoms with Gasteiger partial charge < -0.3 is 24.3 Å². The monoisotopic (exact) mass is 566 g/mol. The fraction of sp³-hybridized carbons (Fsp3) is 0.455. The zero-order valence-corrected chi connectivity index (χ0v) is 21.8. The number of hydrogen-bond acceptors (Lipinski definition) is 6. The zero-order chi connectivity index (χ0) is 22.5. The first-order valence-electron chi connectivity index (χ1n) is 10.6. The number of halogens is 1. The molecule has 0 aliphatic carbocycles. The predicted molar refractivity (Wildman–Crippen MR) is 136 cm³/mol. The smallest absolute Gasteiger partial charge is 0.194 e. The van der Waals surface area contributed by atoms with E-state index in [4.69, 9.17) is 14.5 Å². The number of benzene rings is 1. The van der Waals surface area contributed by atoms with Crippen LogP contribution in [0.4, 0.5) is 0 Å². The van der Waals surface area contributed by atoms with Crippen LogP contribution in [-0.2, 0) is 31.9 Å². The minimum absolute atomic E-state index is 0. The molecule has 10 nitrogen and oxygen atoms in total. The third-order valence-electron chi connectivity index (χ3n) is 5.62. The van der Waals surface area contributed by atoms with E-state index in [1.165, 1.54) is 0 Å². The van der Waals surface area contributed by atoms with Gasteiger partial charge in [-0.3, -0.25) is 4.68 Å². The lowest BCUT2D eigenvalue weighted by atomic mass is 10.1. The number of guanidine groups is 1. The molecule has 1 aliphatic rings. The first kappa shape index (κ1) is 25.0. The molecule has 1 aromatic carbocycles. The van der Waals surface area contributed by atoms with Gasteiger partial charge >= 0.3 is 0 Å². The molecule has 11 heteroatoms. The van der Waals surface area contributed by atoms with Crippen molar-refractivity contribution in [2.24, 2.45) is 19.1 Å². The highest BCUT2D eigenvalue weighted by molar-refractivity contribution is 14.0. The summed E-state index contributed by atoms with van der Waals surface area (Å²) < 4.78 is 15.0. The summed E-state index contributed by atoms with van der Waals surface area (Å²) in [7, 11) is 5.55. The summed E-state index contributed by atoms with van der Waals surface area (Å²) in [4.78, 5) is 7.14. The summed E-state index contributed by atoms with van der Waals surface area (Å²) in [5.74, 6) is 3.39.